The van der Waals surface area contributed by atoms with E-state index in [-0.39, 0.29) is 6.04 Å². The van der Waals surface area contributed by atoms with Crippen LogP contribution in [0.1, 0.15) is 38.7 Å². The van der Waals surface area contributed by atoms with Crippen LogP contribution >= 0.6 is 0 Å². The first-order chi connectivity index (χ1) is 9.45. The quantitative estimate of drug-likeness (QED) is 0.926. The van der Waals surface area contributed by atoms with E-state index in [1.165, 1.54) is 5.56 Å². The van der Waals surface area contributed by atoms with E-state index in [1.54, 1.807) is 16.4 Å². The highest BCUT2D eigenvalue weighted by atomic mass is 32.2. The lowest BCUT2D eigenvalue weighted by atomic mass is 9.99. The Morgan fingerprint density at radius 1 is 1.35 bits per heavy atom. The largest absolute Gasteiger partial charge is 0.312 e. The van der Waals surface area contributed by atoms with E-state index in [0.29, 0.717) is 30.4 Å². The van der Waals surface area contributed by atoms with Gasteiger partial charge in [0, 0.05) is 25.7 Å². The topological polar surface area (TPSA) is 49.4 Å². The van der Waals surface area contributed by atoms with Gasteiger partial charge in [0.15, 0.2) is 0 Å². The van der Waals surface area contributed by atoms with Gasteiger partial charge in [0.2, 0.25) is 10.0 Å². The van der Waals surface area contributed by atoms with Gasteiger partial charge in [0.05, 0.1) is 4.90 Å². The van der Waals surface area contributed by atoms with Gasteiger partial charge in [-0.15, -0.1) is 0 Å². The number of rotatable bonds is 4. The fourth-order valence-electron chi connectivity index (χ4n) is 2.47. The zero-order valence-electron chi connectivity index (χ0n) is 12.5. The molecule has 0 bridgehead atoms. The van der Waals surface area contributed by atoms with Gasteiger partial charge in [-0.25, -0.2) is 8.42 Å². The van der Waals surface area contributed by atoms with Crippen LogP contribution in [-0.4, -0.2) is 38.4 Å². The highest BCUT2D eigenvalue weighted by Gasteiger charge is 2.28. The first-order valence-corrected chi connectivity index (χ1v) is 8.72. The van der Waals surface area contributed by atoms with Gasteiger partial charge in [0.1, 0.15) is 0 Å². The van der Waals surface area contributed by atoms with Crippen LogP contribution in [0.2, 0.25) is 0 Å². The Labute approximate surface area is 122 Å². The Bertz CT molecular complexity index is 539. The van der Waals surface area contributed by atoms with Crippen LogP contribution in [0, 0.1) is 0 Å². The van der Waals surface area contributed by atoms with E-state index in [4.69, 9.17) is 0 Å². The summed E-state index contributed by atoms with van der Waals surface area (Å²) in [5.74, 6) is 0.464. The van der Waals surface area contributed by atoms with Crippen LogP contribution < -0.4 is 5.32 Å². The number of sulfonamides is 1. The first kappa shape index (κ1) is 15.5. The summed E-state index contributed by atoms with van der Waals surface area (Å²) in [4.78, 5) is 0.402. The van der Waals surface area contributed by atoms with Crippen molar-refractivity contribution in [3.8, 4) is 0 Å². The van der Waals surface area contributed by atoms with Crippen molar-refractivity contribution >= 4 is 10.0 Å². The van der Waals surface area contributed by atoms with Gasteiger partial charge in [-0.1, -0.05) is 26.0 Å². The molecule has 1 unspecified atom stereocenters. The summed E-state index contributed by atoms with van der Waals surface area (Å²) in [6, 6.07) is 7.56. The highest BCUT2D eigenvalue weighted by molar-refractivity contribution is 7.89. The Balaban J connectivity index is 2.21. The van der Waals surface area contributed by atoms with E-state index in [2.05, 4.69) is 19.2 Å². The van der Waals surface area contributed by atoms with E-state index < -0.39 is 10.0 Å². The minimum atomic E-state index is -3.35. The van der Waals surface area contributed by atoms with Crippen LogP contribution in [0.5, 0.6) is 0 Å². The number of piperazine rings is 1. The molecule has 1 aromatic rings. The van der Waals surface area contributed by atoms with Gasteiger partial charge < -0.3 is 5.32 Å². The summed E-state index contributed by atoms with van der Waals surface area (Å²) in [5, 5.41) is 3.26. The minimum absolute atomic E-state index is 0.206. The molecular weight excluding hydrogens is 272 g/mol. The molecule has 112 valence electrons. The van der Waals surface area contributed by atoms with E-state index in [0.717, 1.165) is 6.42 Å². The molecule has 5 heteroatoms. The summed E-state index contributed by atoms with van der Waals surface area (Å²) in [6.45, 7) is 8.09. The first-order valence-electron chi connectivity index (χ1n) is 7.28. The molecule has 0 spiro atoms. The van der Waals surface area contributed by atoms with Crippen molar-refractivity contribution in [2.24, 2.45) is 0 Å². The Morgan fingerprint density at radius 3 is 2.55 bits per heavy atom. The highest BCUT2D eigenvalue weighted by Crippen LogP contribution is 2.22. The van der Waals surface area contributed by atoms with Crippen molar-refractivity contribution in [2.75, 3.05) is 19.6 Å². The molecule has 20 heavy (non-hydrogen) atoms. The number of benzene rings is 1. The molecule has 4 nitrogen and oxygen atoms in total. The minimum Gasteiger partial charge on any atom is -0.312 e. The second kappa shape index (κ2) is 6.24. The maximum Gasteiger partial charge on any atom is 0.243 e. The number of nitrogens with one attached hydrogen (secondary N) is 1. The van der Waals surface area contributed by atoms with Crippen LogP contribution in [-0.2, 0) is 10.0 Å². The van der Waals surface area contributed by atoms with Crippen molar-refractivity contribution in [1.82, 2.24) is 9.62 Å². The molecule has 1 aliphatic rings. The molecule has 0 aliphatic carbocycles. The fourth-order valence-corrected chi connectivity index (χ4v) is 4.00. The van der Waals surface area contributed by atoms with Crippen LogP contribution in [0.25, 0.3) is 0 Å². The molecule has 1 N–H and O–H groups in total. The molecule has 0 amide bonds. The lowest BCUT2D eigenvalue weighted by molar-refractivity contribution is 0.310. The Hall–Kier alpha value is -0.910. The van der Waals surface area contributed by atoms with Crippen molar-refractivity contribution < 1.29 is 8.42 Å². The SMILES string of the molecule is CCC(C)c1ccc(S(=O)(=O)N2CCN[C@@H](C)C2)cc1. The molecule has 0 radical (unpaired) electrons. The van der Waals surface area contributed by atoms with Crippen molar-refractivity contribution in [3.05, 3.63) is 29.8 Å². The van der Waals surface area contributed by atoms with E-state index in [9.17, 15) is 8.42 Å². The third-order valence-electron chi connectivity index (χ3n) is 4.03. The molecule has 0 aromatic heterocycles. The molecule has 1 aromatic carbocycles. The summed E-state index contributed by atoms with van der Waals surface area (Å²) in [6.07, 6.45) is 1.06. The predicted octanol–water partition coefficient (Wildman–Crippen LogP) is 2.18. The van der Waals surface area contributed by atoms with Crippen molar-refractivity contribution in [2.45, 2.75) is 44.0 Å². The Morgan fingerprint density at radius 2 is 2.00 bits per heavy atom. The molecule has 0 saturated carbocycles. The van der Waals surface area contributed by atoms with Crippen molar-refractivity contribution in [1.29, 1.82) is 0 Å². The van der Waals surface area contributed by atoms with Gasteiger partial charge in [-0.05, 0) is 37.0 Å². The average molecular weight is 296 g/mol. The lowest BCUT2D eigenvalue weighted by Crippen LogP contribution is -2.51. The van der Waals surface area contributed by atoms with Crippen LogP contribution in [0.15, 0.2) is 29.2 Å². The van der Waals surface area contributed by atoms with E-state index in [1.807, 2.05) is 19.1 Å². The fraction of sp³-hybridized carbons (Fsp3) is 0.600. The van der Waals surface area contributed by atoms with E-state index >= 15 is 0 Å². The summed E-state index contributed by atoms with van der Waals surface area (Å²) < 4.78 is 26.7. The van der Waals surface area contributed by atoms with Gasteiger partial charge in [0.25, 0.3) is 0 Å². The summed E-state index contributed by atoms with van der Waals surface area (Å²) in [7, 11) is -3.35. The van der Waals surface area contributed by atoms with Crippen molar-refractivity contribution in [3.63, 3.8) is 0 Å². The zero-order chi connectivity index (χ0) is 14.8. The standard InChI is InChI=1S/C15H24N2O2S/c1-4-12(2)14-5-7-15(8-6-14)20(18,19)17-10-9-16-13(3)11-17/h5-8,12-13,16H,4,9-11H2,1-3H3/t12?,13-/m0/s1. The van der Waals surface area contributed by atoms with Gasteiger partial charge in [-0.2, -0.15) is 4.31 Å². The average Bonchev–Trinajstić information content (AvgIpc) is 2.46. The van der Waals surface area contributed by atoms with Crippen LogP contribution in [0.3, 0.4) is 0 Å². The maximum atomic E-state index is 12.6. The molecule has 2 atom stereocenters. The summed E-state index contributed by atoms with van der Waals surface area (Å²) in [5.41, 5.74) is 1.19. The van der Waals surface area contributed by atoms with Gasteiger partial charge >= 0.3 is 0 Å². The molecular formula is C15H24N2O2S. The monoisotopic (exact) mass is 296 g/mol. The third kappa shape index (κ3) is 3.22. The third-order valence-corrected chi connectivity index (χ3v) is 5.91. The second-order valence-corrected chi connectivity index (χ2v) is 7.53. The molecule has 1 fully saturated rings. The number of nitrogens with zero attached hydrogens (tertiary/aromatic N) is 1. The molecule has 2 rings (SSSR count). The van der Waals surface area contributed by atoms with Gasteiger partial charge in [-0.3, -0.25) is 0 Å². The number of hydrogen-bond acceptors (Lipinski definition) is 3. The lowest BCUT2D eigenvalue weighted by Gasteiger charge is -2.31. The predicted molar refractivity (Wildman–Crippen MR) is 81.4 cm³/mol. The molecule has 1 saturated heterocycles. The maximum absolute atomic E-state index is 12.6. The van der Waals surface area contributed by atoms with Crippen LogP contribution in [0.4, 0.5) is 0 Å². The summed E-state index contributed by atoms with van der Waals surface area (Å²) >= 11 is 0. The number of hydrogen-bond donors (Lipinski definition) is 1. The smallest absolute Gasteiger partial charge is 0.243 e. The normalized spacial score (nSPS) is 22.6. The molecule has 1 heterocycles. The second-order valence-electron chi connectivity index (χ2n) is 5.60. The zero-order valence-corrected chi connectivity index (χ0v) is 13.3. The molecule has 1 aliphatic heterocycles. The Kier molecular flexibility index (Phi) is 4.83.